The molecule has 4 rings (SSSR count). The van der Waals surface area contributed by atoms with Crippen LogP contribution >= 0.6 is 0 Å². The number of hydrogen-bond donors (Lipinski definition) is 3. The second-order valence-electron chi connectivity index (χ2n) is 6.42. The number of nitrogen functional groups attached to an aromatic ring is 1. The third-order valence-corrected chi connectivity index (χ3v) is 4.76. The SMILES string of the molecule is CC.Cc1cc(Nc2cnnc(N)c2)c(=O)n2c1C(=O)NC21CCCC1. The number of fused-ring (bicyclic) bond motifs is 2. The third-order valence-electron chi connectivity index (χ3n) is 4.76. The van der Waals surface area contributed by atoms with E-state index in [0.717, 1.165) is 31.2 Å². The first-order valence-corrected chi connectivity index (χ1v) is 8.95. The van der Waals surface area contributed by atoms with Gasteiger partial charge in [0.2, 0.25) is 0 Å². The molecule has 8 nitrogen and oxygen atoms in total. The van der Waals surface area contributed by atoms with Crippen molar-refractivity contribution in [1.29, 1.82) is 0 Å². The number of nitrogens with one attached hydrogen (secondary N) is 2. The predicted octanol–water partition coefficient (Wildman–Crippen LogP) is 2.27. The molecule has 138 valence electrons. The summed E-state index contributed by atoms with van der Waals surface area (Å²) in [6.45, 7) is 5.84. The Morgan fingerprint density at radius 1 is 1.23 bits per heavy atom. The Bertz CT molecular complexity index is 899. The summed E-state index contributed by atoms with van der Waals surface area (Å²) in [5.74, 6) is 0.0926. The summed E-state index contributed by atoms with van der Waals surface area (Å²) in [5.41, 5.74) is 7.02. The zero-order valence-corrected chi connectivity index (χ0v) is 15.3. The van der Waals surface area contributed by atoms with Crippen molar-refractivity contribution in [3.8, 4) is 0 Å². The standard InChI is InChI=1S/C16H18N6O2.C2H6/c1-9-6-11(19-10-7-12(17)21-18-8-10)15(24)22-13(9)14(23)20-16(22)4-2-3-5-16;1-2/h6-8H,2-5H2,1H3,(H,20,23)(H3,17,19,21);1-2H3. The molecule has 2 aromatic heterocycles. The Morgan fingerprint density at radius 3 is 2.58 bits per heavy atom. The van der Waals surface area contributed by atoms with E-state index in [1.165, 1.54) is 6.20 Å². The van der Waals surface area contributed by atoms with E-state index in [0.29, 0.717) is 17.1 Å². The number of rotatable bonds is 2. The minimum atomic E-state index is -0.582. The van der Waals surface area contributed by atoms with Gasteiger partial charge >= 0.3 is 0 Å². The molecule has 26 heavy (non-hydrogen) atoms. The summed E-state index contributed by atoms with van der Waals surface area (Å²) in [4.78, 5) is 25.4. The smallest absolute Gasteiger partial charge is 0.276 e. The van der Waals surface area contributed by atoms with Crippen molar-refractivity contribution < 1.29 is 4.79 Å². The molecule has 4 N–H and O–H groups in total. The molecule has 2 aliphatic rings. The molecule has 0 saturated heterocycles. The molecule has 1 spiro atoms. The lowest BCUT2D eigenvalue weighted by Crippen LogP contribution is -2.45. The molecule has 1 fully saturated rings. The normalized spacial score (nSPS) is 16.7. The summed E-state index contributed by atoms with van der Waals surface area (Å²) >= 11 is 0. The van der Waals surface area contributed by atoms with Crippen LogP contribution in [-0.4, -0.2) is 20.7 Å². The second kappa shape index (κ2) is 6.78. The molecule has 2 aromatic rings. The van der Waals surface area contributed by atoms with E-state index in [1.54, 1.807) is 16.7 Å². The Hall–Kier alpha value is -2.90. The van der Waals surface area contributed by atoms with Crippen LogP contribution in [0.15, 0.2) is 23.1 Å². The fourth-order valence-electron chi connectivity index (χ4n) is 3.77. The highest BCUT2D eigenvalue weighted by Gasteiger charge is 2.46. The average Bonchev–Trinajstić information content (AvgIpc) is 3.19. The van der Waals surface area contributed by atoms with Crippen LogP contribution in [0.5, 0.6) is 0 Å². The first-order chi connectivity index (χ1) is 12.5. The number of aromatic nitrogens is 3. The van der Waals surface area contributed by atoms with Gasteiger partial charge in [-0.25, -0.2) is 0 Å². The summed E-state index contributed by atoms with van der Waals surface area (Å²) in [5, 5.41) is 13.6. The van der Waals surface area contributed by atoms with Gasteiger partial charge in [0.05, 0.1) is 11.9 Å². The van der Waals surface area contributed by atoms with Crippen LogP contribution in [0.1, 0.15) is 55.6 Å². The molecule has 1 amide bonds. The van der Waals surface area contributed by atoms with Gasteiger partial charge in [0.25, 0.3) is 11.5 Å². The van der Waals surface area contributed by atoms with E-state index in [4.69, 9.17) is 5.73 Å². The van der Waals surface area contributed by atoms with Crippen LogP contribution in [0.3, 0.4) is 0 Å². The van der Waals surface area contributed by atoms with Gasteiger partial charge in [0, 0.05) is 6.07 Å². The molecule has 8 heteroatoms. The molecular weight excluding hydrogens is 332 g/mol. The van der Waals surface area contributed by atoms with E-state index in [9.17, 15) is 9.59 Å². The minimum Gasteiger partial charge on any atom is -0.382 e. The number of hydrogen-bond acceptors (Lipinski definition) is 6. The monoisotopic (exact) mass is 356 g/mol. The average molecular weight is 356 g/mol. The number of anilines is 3. The van der Waals surface area contributed by atoms with Gasteiger partial charge in [0.15, 0.2) is 0 Å². The number of nitrogens with two attached hydrogens (primary N) is 1. The molecule has 0 radical (unpaired) electrons. The highest BCUT2D eigenvalue weighted by molar-refractivity contribution is 5.97. The lowest BCUT2D eigenvalue weighted by molar-refractivity contribution is 0.0920. The Labute approximate surface area is 151 Å². The molecule has 0 atom stereocenters. The van der Waals surface area contributed by atoms with Gasteiger partial charge in [-0.3, -0.25) is 14.2 Å². The maximum Gasteiger partial charge on any atom is 0.276 e. The lowest BCUT2D eigenvalue weighted by atomic mass is 10.1. The van der Waals surface area contributed by atoms with Gasteiger partial charge in [0.1, 0.15) is 22.9 Å². The molecule has 3 heterocycles. The Morgan fingerprint density at radius 2 is 1.92 bits per heavy atom. The van der Waals surface area contributed by atoms with Crippen LogP contribution in [0.4, 0.5) is 17.2 Å². The fraction of sp³-hybridized carbons (Fsp3) is 0.444. The number of aryl methyl sites for hydroxylation is 1. The Balaban J connectivity index is 0.000000948. The lowest BCUT2D eigenvalue weighted by Gasteiger charge is -2.26. The van der Waals surface area contributed by atoms with Crippen LogP contribution in [0.25, 0.3) is 0 Å². The predicted molar refractivity (Wildman–Crippen MR) is 100 cm³/mol. The van der Waals surface area contributed by atoms with E-state index >= 15 is 0 Å². The maximum atomic E-state index is 13.1. The van der Waals surface area contributed by atoms with Gasteiger partial charge in [-0.15, -0.1) is 5.10 Å². The molecular formula is C18H24N6O2. The van der Waals surface area contributed by atoms with Crippen molar-refractivity contribution in [2.45, 2.75) is 52.1 Å². The van der Waals surface area contributed by atoms with Crippen molar-refractivity contribution >= 4 is 23.1 Å². The van der Waals surface area contributed by atoms with Crippen molar-refractivity contribution in [3.05, 3.63) is 39.9 Å². The van der Waals surface area contributed by atoms with Gasteiger partial charge in [-0.1, -0.05) is 13.8 Å². The number of carbonyl (C=O) groups is 1. The number of nitrogens with zero attached hydrogens (tertiary/aromatic N) is 3. The topological polar surface area (TPSA) is 115 Å². The Kier molecular flexibility index (Phi) is 4.67. The zero-order valence-electron chi connectivity index (χ0n) is 15.3. The van der Waals surface area contributed by atoms with Crippen molar-refractivity contribution in [3.63, 3.8) is 0 Å². The van der Waals surface area contributed by atoms with Gasteiger partial charge in [-0.05, 0) is 44.2 Å². The molecule has 0 bridgehead atoms. The van der Waals surface area contributed by atoms with Crippen LogP contribution in [0.2, 0.25) is 0 Å². The van der Waals surface area contributed by atoms with Gasteiger partial charge in [-0.2, -0.15) is 5.10 Å². The number of pyridine rings is 1. The highest BCUT2D eigenvalue weighted by Crippen LogP contribution is 2.38. The summed E-state index contributed by atoms with van der Waals surface area (Å²) in [7, 11) is 0. The van der Waals surface area contributed by atoms with Crippen LogP contribution in [-0.2, 0) is 5.66 Å². The maximum absolute atomic E-state index is 13.1. The minimum absolute atomic E-state index is 0.173. The summed E-state index contributed by atoms with van der Waals surface area (Å²) in [6.07, 6.45) is 5.04. The summed E-state index contributed by atoms with van der Waals surface area (Å²) in [6, 6.07) is 3.30. The molecule has 1 aliphatic carbocycles. The van der Waals surface area contributed by atoms with Crippen molar-refractivity contribution in [2.75, 3.05) is 11.1 Å². The van der Waals surface area contributed by atoms with Crippen LogP contribution < -0.4 is 21.9 Å². The zero-order chi connectivity index (χ0) is 18.9. The largest absolute Gasteiger partial charge is 0.382 e. The number of carbonyl (C=O) groups excluding carboxylic acids is 1. The third kappa shape index (κ3) is 2.81. The number of amides is 1. The molecule has 1 saturated carbocycles. The van der Waals surface area contributed by atoms with E-state index < -0.39 is 5.66 Å². The summed E-state index contributed by atoms with van der Waals surface area (Å²) < 4.78 is 1.64. The highest BCUT2D eigenvalue weighted by atomic mass is 16.2. The first kappa shape index (κ1) is 17.9. The first-order valence-electron chi connectivity index (χ1n) is 8.95. The molecule has 0 unspecified atom stereocenters. The molecule has 1 aliphatic heterocycles. The van der Waals surface area contributed by atoms with Crippen molar-refractivity contribution in [2.24, 2.45) is 0 Å². The molecule has 0 aromatic carbocycles. The van der Waals surface area contributed by atoms with E-state index in [1.807, 2.05) is 20.8 Å². The fourth-order valence-corrected chi connectivity index (χ4v) is 3.77. The van der Waals surface area contributed by atoms with Gasteiger partial charge < -0.3 is 16.4 Å². The van der Waals surface area contributed by atoms with Crippen molar-refractivity contribution in [1.82, 2.24) is 20.1 Å². The van der Waals surface area contributed by atoms with E-state index in [2.05, 4.69) is 20.8 Å². The van der Waals surface area contributed by atoms with E-state index in [-0.39, 0.29) is 17.3 Å². The second-order valence-corrected chi connectivity index (χ2v) is 6.42. The van der Waals surface area contributed by atoms with Crippen LogP contribution in [0, 0.1) is 6.92 Å². The quantitative estimate of drug-likeness (QED) is 0.760.